The summed E-state index contributed by atoms with van der Waals surface area (Å²) in [5.41, 5.74) is 2.61. The van der Waals surface area contributed by atoms with Gasteiger partial charge in [0.25, 0.3) is 0 Å². The molecule has 0 aliphatic carbocycles. The van der Waals surface area contributed by atoms with Crippen LogP contribution in [0.15, 0.2) is 42.5 Å². The standard InChI is InChI=1S/C26H30N4O4S/c1-4-29(5-2)12-13-34-26(33)18-6-8-20(9-7-18)28-25(32)19-14-24(31)30(16-19)21-10-11-23-22(15-21)27-17(3)35-23/h6-11,15,19H,4-5,12-14,16H2,1-3H3,(H,28,32). The number of rotatable bonds is 9. The molecule has 4 rings (SSSR count). The average Bonchev–Trinajstić information content (AvgIpc) is 3.43. The average molecular weight is 495 g/mol. The molecule has 0 saturated carbocycles. The van der Waals surface area contributed by atoms with Crippen molar-refractivity contribution in [3.05, 3.63) is 53.0 Å². The largest absolute Gasteiger partial charge is 0.461 e. The summed E-state index contributed by atoms with van der Waals surface area (Å²) in [6.45, 7) is 9.26. The Bertz CT molecular complexity index is 1220. The van der Waals surface area contributed by atoms with Crippen LogP contribution in [0.25, 0.3) is 10.2 Å². The van der Waals surface area contributed by atoms with Gasteiger partial charge in [0.05, 0.1) is 26.7 Å². The summed E-state index contributed by atoms with van der Waals surface area (Å²) >= 11 is 1.61. The molecule has 1 aromatic heterocycles. The first-order valence-corrected chi connectivity index (χ1v) is 12.7. The van der Waals surface area contributed by atoms with E-state index in [9.17, 15) is 14.4 Å². The highest BCUT2D eigenvalue weighted by Crippen LogP contribution is 2.30. The molecule has 1 unspecified atom stereocenters. The lowest BCUT2D eigenvalue weighted by Crippen LogP contribution is -2.28. The molecule has 184 valence electrons. The summed E-state index contributed by atoms with van der Waals surface area (Å²) in [4.78, 5) is 46.1. The molecule has 0 radical (unpaired) electrons. The number of nitrogens with one attached hydrogen (secondary N) is 1. The Morgan fingerprint density at radius 1 is 1.17 bits per heavy atom. The lowest BCUT2D eigenvalue weighted by molar-refractivity contribution is -0.122. The monoisotopic (exact) mass is 494 g/mol. The van der Waals surface area contributed by atoms with Crippen LogP contribution in [0.2, 0.25) is 0 Å². The van der Waals surface area contributed by atoms with Crippen molar-refractivity contribution in [2.75, 3.05) is 43.0 Å². The van der Waals surface area contributed by atoms with Crippen molar-refractivity contribution in [1.82, 2.24) is 9.88 Å². The van der Waals surface area contributed by atoms with Gasteiger partial charge >= 0.3 is 5.97 Å². The molecule has 9 heteroatoms. The van der Waals surface area contributed by atoms with E-state index in [1.54, 1.807) is 40.5 Å². The summed E-state index contributed by atoms with van der Waals surface area (Å²) in [6, 6.07) is 12.4. The van der Waals surface area contributed by atoms with Crippen molar-refractivity contribution < 1.29 is 19.1 Å². The number of fused-ring (bicyclic) bond motifs is 1. The van der Waals surface area contributed by atoms with Crippen LogP contribution in [-0.4, -0.2) is 60.5 Å². The molecule has 2 heterocycles. The van der Waals surface area contributed by atoms with Crippen molar-refractivity contribution in [2.24, 2.45) is 5.92 Å². The highest BCUT2D eigenvalue weighted by atomic mass is 32.1. The molecule has 1 atom stereocenters. The molecule has 1 N–H and O–H groups in total. The Morgan fingerprint density at radius 3 is 2.63 bits per heavy atom. The molecule has 3 aromatic rings. The maximum absolute atomic E-state index is 12.8. The number of aryl methyl sites for hydroxylation is 1. The highest BCUT2D eigenvalue weighted by molar-refractivity contribution is 7.18. The van der Waals surface area contributed by atoms with Crippen LogP contribution >= 0.6 is 11.3 Å². The molecular formula is C26H30N4O4S. The lowest BCUT2D eigenvalue weighted by Gasteiger charge is -2.17. The Kier molecular flexibility index (Phi) is 7.77. The van der Waals surface area contributed by atoms with Gasteiger partial charge in [-0.05, 0) is 62.5 Å². The zero-order chi connectivity index (χ0) is 24.9. The van der Waals surface area contributed by atoms with Gasteiger partial charge in [-0.2, -0.15) is 0 Å². The number of thiazole rings is 1. The van der Waals surface area contributed by atoms with E-state index in [0.717, 1.165) is 34.0 Å². The van der Waals surface area contributed by atoms with Gasteiger partial charge in [-0.1, -0.05) is 13.8 Å². The van der Waals surface area contributed by atoms with Crippen molar-refractivity contribution in [3.63, 3.8) is 0 Å². The van der Waals surface area contributed by atoms with Crippen LogP contribution in [0.1, 0.15) is 35.6 Å². The van der Waals surface area contributed by atoms with Crippen LogP contribution in [0, 0.1) is 12.8 Å². The van der Waals surface area contributed by atoms with E-state index in [-0.39, 0.29) is 24.2 Å². The fraction of sp³-hybridized carbons (Fsp3) is 0.385. The fourth-order valence-electron chi connectivity index (χ4n) is 4.16. The number of aromatic nitrogens is 1. The zero-order valence-corrected chi connectivity index (χ0v) is 21.1. The second-order valence-electron chi connectivity index (χ2n) is 8.52. The number of anilines is 2. The molecule has 1 aliphatic rings. The number of ether oxygens (including phenoxy) is 1. The third kappa shape index (κ3) is 5.86. The summed E-state index contributed by atoms with van der Waals surface area (Å²) < 4.78 is 6.42. The van der Waals surface area contributed by atoms with Crippen LogP contribution in [0.5, 0.6) is 0 Å². The molecule has 1 aliphatic heterocycles. The number of hydrogen-bond donors (Lipinski definition) is 1. The van der Waals surface area contributed by atoms with Gasteiger partial charge < -0.3 is 19.9 Å². The number of carbonyl (C=O) groups is 3. The minimum Gasteiger partial charge on any atom is -0.461 e. The molecule has 2 amide bonds. The van der Waals surface area contributed by atoms with Gasteiger partial charge in [0.15, 0.2) is 0 Å². The Hall–Kier alpha value is -3.30. The maximum atomic E-state index is 12.8. The molecule has 1 fully saturated rings. The number of benzene rings is 2. The summed E-state index contributed by atoms with van der Waals surface area (Å²) in [5.74, 6) is -1.15. The minimum absolute atomic E-state index is 0.0840. The first kappa shape index (κ1) is 24.8. The molecule has 0 spiro atoms. The normalized spacial score (nSPS) is 15.7. The van der Waals surface area contributed by atoms with Crippen LogP contribution < -0.4 is 10.2 Å². The number of likely N-dealkylation sites (N-methyl/N-ethyl adjacent to an activating group) is 1. The third-order valence-electron chi connectivity index (χ3n) is 6.21. The maximum Gasteiger partial charge on any atom is 0.338 e. The van der Waals surface area contributed by atoms with Crippen LogP contribution in [0.4, 0.5) is 11.4 Å². The predicted molar refractivity (Wildman–Crippen MR) is 138 cm³/mol. The molecule has 0 bridgehead atoms. The minimum atomic E-state index is -0.458. The van der Waals surface area contributed by atoms with Crippen LogP contribution in [-0.2, 0) is 14.3 Å². The Labute approximate surface area is 208 Å². The van der Waals surface area contributed by atoms with E-state index < -0.39 is 5.92 Å². The van der Waals surface area contributed by atoms with Gasteiger partial charge in [0.1, 0.15) is 6.61 Å². The second-order valence-corrected chi connectivity index (χ2v) is 9.75. The quantitative estimate of drug-likeness (QED) is 0.451. The van der Waals surface area contributed by atoms with E-state index >= 15 is 0 Å². The zero-order valence-electron chi connectivity index (χ0n) is 20.2. The van der Waals surface area contributed by atoms with E-state index in [1.807, 2.05) is 25.1 Å². The number of esters is 1. The highest BCUT2D eigenvalue weighted by Gasteiger charge is 2.35. The number of amides is 2. The van der Waals surface area contributed by atoms with Crippen molar-refractivity contribution in [3.8, 4) is 0 Å². The van der Waals surface area contributed by atoms with E-state index in [4.69, 9.17) is 4.74 Å². The summed E-state index contributed by atoms with van der Waals surface area (Å²) in [7, 11) is 0. The van der Waals surface area contributed by atoms with E-state index in [0.29, 0.717) is 30.9 Å². The first-order chi connectivity index (χ1) is 16.9. The molecule has 8 nitrogen and oxygen atoms in total. The van der Waals surface area contributed by atoms with Crippen molar-refractivity contribution >= 4 is 50.7 Å². The summed E-state index contributed by atoms with van der Waals surface area (Å²) in [6.07, 6.45) is 0.150. The van der Waals surface area contributed by atoms with Gasteiger partial charge in [-0.15, -0.1) is 11.3 Å². The fourth-order valence-corrected chi connectivity index (χ4v) is 4.96. The van der Waals surface area contributed by atoms with Gasteiger partial charge in [-0.3, -0.25) is 9.59 Å². The number of nitrogens with zero attached hydrogens (tertiary/aromatic N) is 3. The summed E-state index contributed by atoms with van der Waals surface area (Å²) in [5, 5.41) is 3.83. The van der Waals surface area contributed by atoms with Gasteiger partial charge in [0, 0.05) is 30.9 Å². The predicted octanol–water partition coefficient (Wildman–Crippen LogP) is 4.09. The molecular weight excluding hydrogens is 464 g/mol. The first-order valence-electron chi connectivity index (χ1n) is 11.9. The van der Waals surface area contributed by atoms with Crippen molar-refractivity contribution in [1.29, 1.82) is 0 Å². The topological polar surface area (TPSA) is 91.8 Å². The van der Waals surface area contributed by atoms with Gasteiger partial charge in [0.2, 0.25) is 11.8 Å². The third-order valence-corrected chi connectivity index (χ3v) is 7.16. The van der Waals surface area contributed by atoms with E-state index in [2.05, 4.69) is 29.0 Å². The SMILES string of the molecule is CCN(CC)CCOC(=O)c1ccc(NC(=O)C2CC(=O)N(c3ccc4sc(C)nc4c3)C2)cc1. The number of carbonyl (C=O) groups excluding carboxylic acids is 3. The number of hydrogen-bond acceptors (Lipinski definition) is 7. The molecule has 1 saturated heterocycles. The smallest absolute Gasteiger partial charge is 0.338 e. The second kappa shape index (κ2) is 11.0. The Morgan fingerprint density at radius 2 is 1.91 bits per heavy atom. The van der Waals surface area contributed by atoms with Gasteiger partial charge in [-0.25, -0.2) is 9.78 Å². The van der Waals surface area contributed by atoms with E-state index in [1.165, 1.54) is 0 Å². The molecule has 2 aromatic carbocycles. The van der Waals surface area contributed by atoms with Crippen molar-refractivity contribution in [2.45, 2.75) is 27.2 Å². The Balaban J connectivity index is 1.32. The van der Waals surface area contributed by atoms with Crippen LogP contribution in [0.3, 0.4) is 0 Å². The lowest BCUT2D eigenvalue weighted by atomic mass is 10.1. The molecule has 35 heavy (non-hydrogen) atoms.